The van der Waals surface area contributed by atoms with Crippen LogP contribution < -0.4 is 10.6 Å². The van der Waals surface area contributed by atoms with Crippen molar-refractivity contribution in [3.8, 4) is 0 Å². The van der Waals surface area contributed by atoms with Gasteiger partial charge in [0, 0.05) is 18.8 Å². The maximum Gasteiger partial charge on any atom is 0.319 e. The number of carbonyl (C=O) groups excluding carboxylic acids is 1. The molecule has 20 heavy (non-hydrogen) atoms. The van der Waals surface area contributed by atoms with E-state index in [0.29, 0.717) is 6.54 Å². The predicted octanol–water partition coefficient (Wildman–Crippen LogP) is 2.91. The van der Waals surface area contributed by atoms with Crippen LogP contribution in [0.4, 0.5) is 10.5 Å². The second-order valence-corrected chi connectivity index (χ2v) is 5.55. The first kappa shape index (κ1) is 14.9. The van der Waals surface area contributed by atoms with E-state index in [1.807, 2.05) is 32.0 Å². The Kier molecular flexibility index (Phi) is 5.41. The van der Waals surface area contributed by atoms with E-state index < -0.39 is 0 Å². The summed E-state index contributed by atoms with van der Waals surface area (Å²) in [5.41, 5.74) is 3.11. The molecular weight excluding hydrogens is 250 g/mol. The molecule has 2 amide bonds. The standard InChI is InChI=1S/C16H25N3O/c1-13-7-6-8-14(2)15(13)18-16(20)17-9-12-19-10-4-3-5-11-19/h6-8H,3-5,9-12H2,1-2H3,(H2,17,18,20). The highest BCUT2D eigenvalue weighted by atomic mass is 16.2. The third-order valence-electron chi connectivity index (χ3n) is 3.88. The number of nitrogens with zero attached hydrogens (tertiary/aromatic N) is 1. The van der Waals surface area contributed by atoms with E-state index in [2.05, 4.69) is 15.5 Å². The van der Waals surface area contributed by atoms with Crippen molar-refractivity contribution in [3.05, 3.63) is 29.3 Å². The fourth-order valence-electron chi connectivity index (χ4n) is 2.68. The normalized spacial score (nSPS) is 15.9. The zero-order valence-electron chi connectivity index (χ0n) is 12.5. The van der Waals surface area contributed by atoms with E-state index in [1.165, 1.54) is 32.4 Å². The maximum absolute atomic E-state index is 11.9. The van der Waals surface area contributed by atoms with E-state index >= 15 is 0 Å². The number of hydrogen-bond donors (Lipinski definition) is 2. The van der Waals surface area contributed by atoms with Crippen molar-refractivity contribution in [2.24, 2.45) is 0 Å². The molecule has 1 aliphatic heterocycles. The summed E-state index contributed by atoms with van der Waals surface area (Å²) in [4.78, 5) is 14.3. The average molecular weight is 275 g/mol. The Morgan fingerprint density at radius 3 is 2.45 bits per heavy atom. The molecular formula is C16H25N3O. The number of amides is 2. The lowest BCUT2D eigenvalue weighted by Gasteiger charge is -2.26. The van der Waals surface area contributed by atoms with Crippen LogP contribution in [0.1, 0.15) is 30.4 Å². The largest absolute Gasteiger partial charge is 0.337 e. The monoisotopic (exact) mass is 275 g/mol. The number of likely N-dealkylation sites (tertiary alicyclic amines) is 1. The molecule has 0 aliphatic carbocycles. The van der Waals surface area contributed by atoms with Crippen molar-refractivity contribution in [2.45, 2.75) is 33.1 Å². The molecule has 1 heterocycles. The van der Waals surface area contributed by atoms with Crippen LogP contribution in [-0.2, 0) is 0 Å². The molecule has 0 radical (unpaired) electrons. The Morgan fingerprint density at radius 2 is 1.80 bits per heavy atom. The summed E-state index contributed by atoms with van der Waals surface area (Å²) in [7, 11) is 0. The second-order valence-electron chi connectivity index (χ2n) is 5.55. The summed E-state index contributed by atoms with van der Waals surface area (Å²) < 4.78 is 0. The highest BCUT2D eigenvalue weighted by Gasteiger charge is 2.10. The lowest BCUT2D eigenvalue weighted by Crippen LogP contribution is -2.39. The first-order valence-corrected chi connectivity index (χ1v) is 7.50. The fourth-order valence-corrected chi connectivity index (χ4v) is 2.68. The van der Waals surface area contributed by atoms with Gasteiger partial charge in [0.15, 0.2) is 0 Å². The molecule has 4 heteroatoms. The third kappa shape index (κ3) is 4.23. The number of benzene rings is 1. The number of aryl methyl sites for hydroxylation is 2. The molecule has 2 N–H and O–H groups in total. The minimum atomic E-state index is -0.112. The number of para-hydroxylation sites is 1. The molecule has 0 unspecified atom stereocenters. The van der Waals surface area contributed by atoms with Gasteiger partial charge in [0.1, 0.15) is 0 Å². The summed E-state index contributed by atoms with van der Waals surface area (Å²) in [6.07, 6.45) is 3.92. The quantitative estimate of drug-likeness (QED) is 0.887. The van der Waals surface area contributed by atoms with Gasteiger partial charge in [-0.3, -0.25) is 0 Å². The van der Waals surface area contributed by atoms with E-state index in [1.54, 1.807) is 0 Å². The second kappa shape index (κ2) is 7.29. The van der Waals surface area contributed by atoms with Crippen molar-refractivity contribution < 1.29 is 4.79 Å². The van der Waals surface area contributed by atoms with Gasteiger partial charge < -0.3 is 15.5 Å². The summed E-state index contributed by atoms with van der Waals surface area (Å²) >= 11 is 0. The molecule has 1 aliphatic rings. The smallest absolute Gasteiger partial charge is 0.319 e. The van der Waals surface area contributed by atoms with Gasteiger partial charge in [-0.1, -0.05) is 24.6 Å². The third-order valence-corrected chi connectivity index (χ3v) is 3.88. The van der Waals surface area contributed by atoms with Crippen LogP contribution in [0.2, 0.25) is 0 Å². The number of urea groups is 1. The molecule has 1 fully saturated rings. The van der Waals surface area contributed by atoms with Gasteiger partial charge in [-0.2, -0.15) is 0 Å². The van der Waals surface area contributed by atoms with Gasteiger partial charge in [0.05, 0.1) is 0 Å². The van der Waals surface area contributed by atoms with Crippen molar-refractivity contribution in [1.29, 1.82) is 0 Å². The van der Waals surface area contributed by atoms with Crippen molar-refractivity contribution in [2.75, 3.05) is 31.5 Å². The maximum atomic E-state index is 11.9. The van der Waals surface area contributed by atoms with Crippen LogP contribution >= 0.6 is 0 Å². The lowest BCUT2D eigenvalue weighted by molar-refractivity contribution is 0.224. The zero-order chi connectivity index (χ0) is 14.4. The van der Waals surface area contributed by atoms with Gasteiger partial charge in [0.2, 0.25) is 0 Å². The molecule has 0 spiro atoms. The van der Waals surface area contributed by atoms with Crippen molar-refractivity contribution in [1.82, 2.24) is 10.2 Å². The summed E-state index contributed by atoms with van der Waals surface area (Å²) in [6.45, 7) is 8.00. The van der Waals surface area contributed by atoms with E-state index in [0.717, 1.165) is 23.4 Å². The first-order chi connectivity index (χ1) is 9.66. The lowest BCUT2D eigenvalue weighted by atomic mass is 10.1. The topological polar surface area (TPSA) is 44.4 Å². The van der Waals surface area contributed by atoms with Crippen LogP contribution in [0.25, 0.3) is 0 Å². The van der Waals surface area contributed by atoms with Crippen LogP contribution in [0.3, 0.4) is 0 Å². The molecule has 0 aromatic heterocycles. The Labute approximate surface area is 121 Å². The number of hydrogen-bond acceptors (Lipinski definition) is 2. The minimum absolute atomic E-state index is 0.112. The Balaban J connectivity index is 1.75. The molecule has 4 nitrogen and oxygen atoms in total. The van der Waals surface area contributed by atoms with Gasteiger partial charge in [0.25, 0.3) is 0 Å². The number of nitrogens with one attached hydrogen (secondary N) is 2. The molecule has 1 aromatic carbocycles. The Bertz CT molecular complexity index is 433. The molecule has 110 valence electrons. The summed E-state index contributed by atoms with van der Waals surface area (Å²) in [5.74, 6) is 0. The molecule has 2 rings (SSSR count). The highest BCUT2D eigenvalue weighted by Crippen LogP contribution is 2.18. The molecule has 0 bridgehead atoms. The first-order valence-electron chi connectivity index (χ1n) is 7.50. The summed E-state index contributed by atoms with van der Waals surface area (Å²) in [6, 6.07) is 5.91. The number of anilines is 1. The van der Waals surface area contributed by atoms with Gasteiger partial charge in [-0.15, -0.1) is 0 Å². The molecule has 0 saturated carbocycles. The fraction of sp³-hybridized carbons (Fsp3) is 0.562. The van der Waals surface area contributed by atoms with Gasteiger partial charge >= 0.3 is 6.03 Å². The Morgan fingerprint density at radius 1 is 1.15 bits per heavy atom. The highest BCUT2D eigenvalue weighted by molar-refractivity contribution is 5.90. The zero-order valence-corrected chi connectivity index (χ0v) is 12.5. The number of rotatable bonds is 4. The van der Waals surface area contributed by atoms with Crippen LogP contribution in [0.15, 0.2) is 18.2 Å². The van der Waals surface area contributed by atoms with Crippen LogP contribution in [-0.4, -0.2) is 37.1 Å². The van der Waals surface area contributed by atoms with Crippen LogP contribution in [0.5, 0.6) is 0 Å². The molecule has 1 saturated heterocycles. The minimum Gasteiger partial charge on any atom is -0.337 e. The van der Waals surface area contributed by atoms with E-state index in [4.69, 9.17) is 0 Å². The number of piperidine rings is 1. The van der Waals surface area contributed by atoms with Crippen LogP contribution in [0, 0.1) is 13.8 Å². The van der Waals surface area contributed by atoms with Gasteiger partial charge in [-0.05, 0) is 50.9 Å². The average Bonchev–Trinajstić information content (AvgIpc) is 2.44. The molecule has 0 atom stereocenters. The van der Waals surface area contributed by atoms with E-state index in [9.17, 15) is 4.79 Å². The SMILES string of the molecule is Cc1cccc(C)c1NC(=O)NCCN1CCCCC1. The number of carbonyl (C=O) groups is 1. The Hall–Kier alpha value is -1.55. The van der Waals surface area contributed by atoms with Crippen molar-refractivity contribution in [3.63, 3.8) is 0 Å². The van der Waals surface area contributed by atoms with Crippen molar-refractivity contribution >= 4 is 11.7 Å². The summed E-state index contributed by atoms with van der Waals surface area (Å²) in [5, 5.41) is 5.89. The van der Waals surface area contributed by atoms with E-state index in [-0.39, 0.29) is 6.03 Å². The van der Waals surface area contributed by atoms with Gasteiger partial charge in [-0.25, -0.2) is 4.79 Å². The molecule has 1 aromatic rings. The predicted molar refractivity (Wildman–Crippen MR) is 83.2 cm³/mol.